The Morgan fingerprint density at radius 2 is 2.30 bits per heavy atom. The number of hydrogen-bond acceptors (Lipinski definition) is 4. The van der Waals surface area contributed by atoms with Crippen LogP contribution >= 0.6 is 15.9 Å². The highest BCUT2D eigenvalue weighted by Gasteiger charge is 2.31. The first-order valence-corrected chi connectivity index (χ1v) is 10.7. The molecule has 1 saturated heterocycles. The highest BCUT2D eigenvalue weighted by atomic mass is 79.9. The van der Waals surface area contributed by atoms with Gasteiger partial charge in [0, 0.05) is 45.1 Å². The molecule has 1 atom stereocenters. The molecular weight excluding hydrogens is 408 g/mol. The van der Waals surface area contributed by atoms with Crippen molar-refractivity contribution in [1.82, 2.24) is 9.97 Å². The van der Waals surface area contributed by atoms with Crippen molar-refractivity contribution >= 4 is 44.2 Å². The summed E-state index contributed by atoms with van der Waals surface area (Å²) in [6, 6.07) is 0. The number of carbonyl (C=O) groups is 1. The van der Waals surface area contributed by atoms with E-state index in [4.69, 9.17) is 4.74 Å². The zero-order chi connectivity index (χ0) is 18.8. The second kappa shape index (κ2) is 8.19. The maximum absolute atomic E-state index is 12.3. The number of halogens is 1. The molecule has 27 heavy (non-hydrogen) atoms. The number of fused-ring (bicyclic) bond motifs is 1. The smallest absolute Gasteiger partial charge is 0.227 e. The molecule has 1 aliphatic carbocycles. The molecule has 2 aliphatic rings. The summed E-state index contributed by atoms with van der Waals surface area (Å²) in [5.74, 6) is 0.976. The second-order valence-corrected chi connectivity index (χ2v) is 8.59. The van der Waals surface area contributed by atoms with Gasteiger partial charge in [0.15, 0.2) is 0 Å². The van der Waals surface area contributed by atoms with Crippen LogP contribution in [-0.4, -0.2) is 42.7 Å². The van der Waals surface area contributed by atoms with E-state index in [2.05, 4.69) is 36.1 Å². The predicted molar refractivity (Wildman–Crippen MR) is 111 cm³/mol. The van der Waals surface area contributed by atoms with Crippen LogP contribution in [0.4, 0.5) is 11.4 Å². The van der Waals surface area contributed by atoms with Gasteiger partial charge < -0.3 is 19.9 Å². The fraction of sp³-hybridized carbons (Fsp3) is 0.600. The summed E-state index contributed by atoms with van der Waals surface area (Å²) in [4.78, 5) is 22.5. The fourth-order valence-electron chi connectivity index (χ4n) is 4.06. The third-order valence-electron chi connectivity index (χ3n) is 5.63. The van der Waals surface area contributed by atoms with E-state index in [0.717, 1.165) is 65.8 Å². The van der Waals surface area contributed by atoms with Crippen LogP contribution in [0.3, 0.4) is 0 Å². The van der Waals surface area contributed by atoms with Crippen molar-refractivity contribution in [3.8, 4) is 0 Å². The van der Waals surface area contributed by atoms with Gasteiger partial charge in [-0.25, -0.2) is 4.98 Å². The van der Waals surface area contributed by atoms with Crippen molar-refractivity contribution in [2.75, 3.05) is 37.0 Å². The minimum atomic E-state index is 0.123. The number of amides is 1. The van der Waals surface area contributed by atoms with Crippen molar-refractivity contribution < 1.29 is 9.53 Å². The molecule has 2 aromatic heterocycles. The van der Waals surface area contributed by atoms with Gasteiger partial charge in [-0.1, -0.05) is 0 Å². The number of aromatic amines is 1. The quantitative estimate of drug-likeness (QED) is 0.636. The molecule has 0 radical (unpaired) electrons. The molecule has 7 heteroatoms. The fourth-order valence-corrected chi connectivity index (χ4v) is 4.62. The first kappa shape index (κ1) is 18.7. The number of methoxy groups -OCH3 is 1. The molecule has 1 aliphatic heterocycles. The zero-order valence-electron chi connectivity index (χ0n) is 15.8. The Morgan fingerprint density at radius 1 is 1.44 bits per heavy atom. The van der Waals surface area contributed by atoms with Crippen LogP contribution in [-0.2, 0) is 9.53 Å². The summed E-state index contributed by atoms with van der Waals surface area (Å²) in [5, 5.41) is 4.12. The van der Waals surface area contributed by atoms with Crippen molar-refractivity contribution in [3.05, 3.63) is 16.9 Å². The summed E-state index contributed by atoms with van der Waals surface area (Å²) in [6.45, 7) is 2.89. The highest BCUT2D eigenvalue weighted by molar-refractivity contribution is 9.10. The highest BCUT2D eigenvalue weighted by Crippen LogP contribution is 2.40. The maximum Gasteiger partial charge on any atom is 0.227 e. The monoisotopic (exact) mass is 434 g/mol. The number of piperidine rings is 1. The molecular formula is C20H27BrN4O2. The van der Waals surface area contributed by atoms with Gasteiger partial charge in [0.1, 0.15) is 5.65 Å². The Labute approximate surface area is 168 Å². The van der Waals surface area contributed by atoms with Crippen molar-refractivity contribution in [2.24, 2.45) is 11.8 Å². The molecule has 0 unspecified atom stereocenters. The van der Waals surface area contributed by atoms with E-state index in [0.29, 0.717) is 5.92 Å². The van der Waals surface area contributed by atoms with E-state index in [1.165, 1.54) is 19.3 Å². The zero-order valence-corrected chi connectivity index (χ0v) is 17.3. The summed E-state index contributed by atoms with van der Waals surface area (Å²) in [6.07, 6.45) is 10.5. The Bertz CT molecular complexity index is 818. The summed E-state index contributed by atoms with van der Waals surface area (Å²) in [7, 11) is 1.77. The third-order valence-corrected chi connectivity index (χ3v) is 6.21. The van der Waals surface area contributed by atoms with Gasteiger partial charge in [-0.2, -0.15) is 0 Å². The molecule has 1 saturated carbocycles. The van der Waals surface area contributed by atoms with E-state index in [9.17, 15) is 4.79 Å². The van der Waals surface area contributed by atoms with E-state index >= 15 is 0 Å². The molecule has 2 fully saturated rings. The average Bonchev–Trinajstić information content (AvgIpc) is 3.45. The van der Waals surface area contributed by atoms with Crippen LogP contribution < -0.4 is 10.2 Å². The topological polar surface area (TPSA) is 70.2 Å². The van der Waals surface area contributed by atoms with Gasteiger partial charge in [-0.05, 0) is 60.4 Å². The number of anilines is 2. The standard InChI is InChI=1S/C20H27BrN4O2/c1-27-9-3-5-13-4-2-8-25(12-13)18-15(21)10-22-19-17(18)16(11-23-19)24-20(26)14-6-7-14/h10-11,13-14H,2-9,12H2,1H3,(H,22,23)(H,24,26)/t13-/m0/s1. The van der Waals surface area contributed by atoms with Crippen LogP contribution in [0, 0.1) is 11.8 Å². The predicted octanol–water partition coefficient (Wildman–Crippen LogP) is 4.32. The van der Waals surface area contributed by atoms with Crippen molar-refractivity contribution in [1.29, 1.82) is 0 Å². The molecule has 4 rings (SSSR count). The maximum atomic E-state index is 12.3. The average molecular weight is 435 g/mol. The lowest BCUT2D eigenvalue weighted by Gasteiger charge is -2.35. The van der Waals surface area contributed by atoms with E-state index < -0.39 is 0 Å². The van der Waals surface area contributed by atoms with Crippen LogP contribution in [0.15, 0.2) is 16.9 Å². The second-order valence-electron chi connectivity index (χ2n) is 7.73. The van der Waals surface area contributed by atoms with Crippen LogP contribution in [0.5, 0.6) is 0 Å². The molecule has 6 nitrogen and oxygen atoms in total. The summed E-state index contributed by atoms with van der Waals surface area (Å²) < 4.78 is 6.19. The normalized spacial score (nSPS) is 20.2. The Kier molecular flexibility index (Phi) is 5.68. The molecule has 2 N–H and O–H groups in total. The Morgan fingerprint density at radius 3 is 3.07 bits per heavy atom. The van der Waals surface area contributed by atoms with E-state index in [1.807, 2.05) is 12.4 Å². The van der Waals surface area contributed by atoms with Crippen LogP contribution in [0.1, 0.15) is 38.5 Å². The number of carbonyl (C=O) groups excluding carboxylic acids is 1. The van der Waals surface area contributed by atoms with Gasteiger partial charge in [0.25, 0.3) is 0 Å². The number of nitrogens with zero attached hydrogens (tertiary/aromatic N) is 2. The number of nitrogens with one attached hydrogen (secondary N) is 2. The van der Waals surface area contributed by atoms with Gasteiger partial charge >= 0.3 is 0 Å². The first-order chi connectivity index (χ1) is 13.2. The number of hydrogen-bond donors (Lipinski definition) is 2. The van der Waals surface area contributed by atoms with Gasteiger partial charge in [-0.15, -0.1) is 0 Å². The van der Waals surface area contributed by atoms with E-state index in [-0.39, 0.29) is 11.8 Å². The van der Waals surface area contributed by atoms with Gasteiger partial charge in [0.2, 0.25) is 5.91 Å². The molecule has 3 heterocycles. The van der Waals surface area contributed by atoms with Gasteiger partial charge in [-0.3, -0.25) is 4.79 Å². The molecule has 1 amide bonds. The van der Waals surface area contributed by atoms with Gasteiger partial charge in [0.05, 0.1) is 21.2 Å². The Hall–Kier alpha value is -1.60. The molecule has 2 aromatic rings. The molecule has 0 aromatic carbocycles. The first-order valence-electron chi connectivity index (χ1n) is 9.87. The third kappa shape index (κ3) is 4.14. The molecule has 146 valence electrons. The lowest BCUT2D eigenvalue weighted by atomic mass is 9.93. The van der Waals surface area contributed by atoms with Crippen molar-refractivity contribution in [3.63, 3.8) is 0 Å². The number of aromatic nitrogens is 2. The number of pyridine rings is 1. The number of H-pyrrole nitrogens is 1. The number of ether oxygens (including phenoxy) is 1. The molecule has 0 spiro atoms. The lowest BCUT2D eigenvalue weighted by molar-refractivity contribution is -0.117. The lowest BCUT2D eigenvalue weighted by Crippen LogP contribution is -2.36. The minimum Gasteiger partial charge on any atom is -0.385 e. The largest absolute Gasteiger partial charge is 0.385 e. The summed E-state index contributed by atoms with van der Waals surface area (Å²) >= 11 is 3.71. The SMILES string of the molecule is COCCC[C@@H]1CCCN(c2c(Br)cnc3[nH]cc(NC(=O)C4CC4)c23)C1. The Balaban J connectivity index is 1.60. The minimum absolute atomic E-state index is 0.123. The van der Waals surface area contributed by atoms with Crippen LogP contribution in [0.2, 0.25) is 0 Å². The summed E-state index contributed by atoms with van der Waals surface area (Å²) in [5.41, 5.74) is 2.80. The number of rotatable bonds is 7. The van der Waals surface area contributed by atoms with Crippen LogP contribution in [0.25, 0.3) is 11.0 Å². The van der Waals surface area contributed by atoms with E-state index in [1.54, 1.807) is 7.11 Å². The van der Waals surface area contributed by atoms with Crippen molar-refractivity contribution in [2.45, 2.75) is 38.5 Å². The molecule has 0 bridgehead atoms.